The standard InChI is InChI=1S/C16H17ClN2O2/c1-2-4-13-8-12(9-15(17)18-13)16(21)19-14-6-3-5-11(7-14)10-20/h3,5-9,20H,2,4,10H2,1H3,(H,19,21). The molecule has 1 heterocycles. The Morgan fingerprint density at radius 3 is 2.86 bits per heavy atom. The quantitative estimate of drug-likeness (QED) is 0.832. The molecule has 2 N–H and O–H groups in total. The molecule has 0 spiro atoms. The molecule has 1 aromatic heterocycles. The lowest BCUT2D eigenvalue weighted by atomic mass is 10.1. The molecule has 0 fully saturated rings. The summed E-state index contributed by atoms with van der Waals surface area (Å²) in [5.41, 5.74) is 2.66. The summed E-state index contributed by atoms with van der Waals surface area (Å²) in [6, 6.07) is 10.4. The summed E-state index contributed by atoms with van der Waals surface area (Å²) in [5, 5.41) is 12.2. The van der Waals surface area contributed by atoms with Gasteiger partial charge in [-0.2, -0.15) is 0 Å². The third kappa shape index (κ3) is 4.28. The van der Waals surface area contributed by atoms with Crippen molar-refractivity contribution in [3.63, 3.8) is 0 Å². The highest BCUT2D eigenvalue weighted by Gasteiger charge is 2.10. The van der Waals surface area contributed by atoms with Crippen molar-refractivity contribution < 1.29 is 9.90 Å². The molecule has 110 valence electrons. The van der Waals surface area contributed by atoms with Crippen molar-refractivity contribution in [2.24, 2.45) is 0 Å². The minimum absolute atomic E-state index is 0.0640. The Balaban J connectivity index is 2.19. The van der Waals surface area contributed by atoms with E-state index in [1.165, 1.54) is 0 Å². The van der Waals surface area contributed by atoms with Gasteiger partial charge in [0.1, 0.15) is 5.15 Å². The van der Waals surface area contributed by atoms with E-state index in [-0.39, 0.29) is 12.5 Å². The summed E-state index contributed by atoms with van der Waals surface area (Å²) in [6.45, 7) is 1.98. The Hall–Kier alpha value is -1.91. The van der Waals surface area contributed by atoms with Crippen molar-refractivity contribution in [1.82, 2.24) is 4.98 Å². The lowest BCUT2D eigenvalue weighted by Crippen LogP contribution is -2.13. The molecule has 1 aromatic carbocycles. The van der Waals surface area contributed by atoms with Crippen LogP contribution >= 0.6 is 11.6 Å². The van der Waals surface area contributed by atoms with Gasteiger partial charge < -0.3 is 10.4 Å². The predicted molar refractivity (Wildman–Crippen MR) is 83.6 cm³/mol. The first-order chi connectivity index (χ1) is 10.1. The fourth-order valence-electron chi connectivity index (χ4n) is 2.02. The Bertz CT molecular complexity index is 644. The Morgan fingerprint density at radius 1 is 1.33 bits per heavy atom. The predicted octanol–water partition coefficient (Wildman–Crippen LogP) is 3.43. The monoisotopic (exact) mass is 304 g/mol. The molecule has 0 aliphatic carbocycles. The van der Waals surface area contributed by atoms with E-state index < -0.39 is 0 Å². The summed E-state index contributed by atoms with van der Waals surface area (Å²) < 4.78 is 0. The smallest absolute Gasteiger partial charge is 0.255 e. The van der Waals surface area contributed by atoms with E-state index in [4.69, 9.17) is 16.7 Å². The molecule has 4 nitrogen and oxygen atoms in total. The third-order valence-corrected chi connectivity index (χ3v) is 3.18. The molecule has 2 rings (SSSR count). The Kier molecular flexibility index (Phi) is 5.31. The number of nitrogens with one attached hydrogen (secondary N) is 1. The molecular formula is C16H17ClN2O2. The number of nitrogens with zero attached hydrogens (tertiary/aromatic N) is 1. The number of aliphatic hydroxyl groups excluding tert-OH is 1. The van der Waals surface area contributed by atoms with Crippen LogP contribution in [0.2, 0.25) is 5.15 Å². The second kappa shape index (κ2) is 7.20. The molecule has 0 atom stereocenters. The maximum atomic E-state index is 12.3. The van der Waals surface area contributed by atoms with Gasteiger partial charge in [0.2, 0.25) is 0 Å². The number of pyridine rings is 1. The number of anilines is 1. The Labute approximate surface area is 128 Å². The van der Waals surface area contributed by atoms with E-state index in [1.54, 1.807) is 36.4 Å². The van der Waals surface area contributed by atoms with Crippen LogP contribution in [-0.4, -0.2) is 16.0 Å². The van der Waals surface area contributed by atoms with Crippen LogP contribution in [0.5, 0.6) is 0 Å². The van der Waals surface area contributed by atoms with Crippen LogP contribution in [0.3, 0.4) is 0 Å². The van der Waals surface area contributed by atoms with Gasteiger partial charge in [-0.1, -0.05) is 37.1 Å². The highest BCUT2D eigenvalue weighted by atomic mass is 35.5. The van der Waals surface area contributed by atoms with Gasteiger partial charge in [-0.15, -0.1) is 0 Å². The molecule has 0 bridgehead atoms. The van der Waals surface area contributed by atoms with Crippen LogP contribution in [0.25, 0.3) is 0 Å². The number of aliphatic hydroxyl groups is 1. The lowest BCUT2D eigenvalue weighted by Gasteiger charge is -2.08. The molecule has 0 saturated carbocycles. The van der Waals surface area contributed by atoms with Gasteiger partial charge in [0.15, 0.2) is 0 Å². The molecule has 5 heteroatoms. The van der Waals surface area contributed by atoms with E-state index in [1.807, 2.05) is 6.92 Å². The van der Waals surface area contributed by atoms with Crippen LogP contribution in [0, 0.1) is 0 Å². The van der Waals surface area contributed by atoms with E-state index in [0.29, 0.717) is 16.4 Å². The summed E-state index contributed by atoms with van der Waals surface area (Å²) in [5.74, 6) is -0.244. The topological polar surface area (TPSA) is 62.2 Å². The number of rotatable bonds is 5. The number of aryl methyl sites for hydroxylation is 1. The first-order valence-electron chi connectivity index (χ1n) is 6.80. The van der Waals surface area contributed by atoms with Crippen molar-refractivity contribution in [2.75, 3.05) is 5.32 Å². The zero-order chi connectivity index (χ0) is 15.2. The average Bonchev–Trinajstić information content (AvgIpc) is 2.47. The molecule has 0 unspecified atom stereocenters. The van der Waals surface area contributed by atoms with Crippen LogP contribution in [0.1, 0.15) is 35.0 Å². The van der Waals surface area contributed by atoms with Crippen molar-refractivity contribution in [1.29, 1.82) is 0 Å². The molecule has 0 aliphatic heterocycles. The summed E-state index contributed by atoms with van der Waals surface area (Å²) in [6.07, 6.45) is 1.72. The van der Waals surface area contributed by atoms with Crippen LogP contribution in [-0.2, 0) is 13.0 Å². The minimum Gasteiger partial charge on any atom is -0.392 e. The van der Waals surface area contributed by atoms with Gasteiger partial charge in [-0.3, -0.25) is 4.79 Å². The molecule has 0 radical (unpaired) electrons. The number of carbonyl (C=O) groups is 1. The van der Waals surface area contributed by atoms with Crippen LogP contribution < -0.4 is 5.32 Å². The van der Waals surface area contributed by atoms with Crippen molar-refractivity contribution in [2.45, 2.75) is 26.4 Å². The maximum absolute atomic E-state index is 12.3. The number of hydrogen-bond donors (Lipinski definition) is 2. The van der Waals surface area contributed by atoms with E-state index in [0.717, 1.165) is 24.1 Å². The minimum atomic E-state index is -0.244. The van der Waals surface area contributed by atoms with Gasteiger partial charge in [-0.25, -0.2) is 4.98 Å². The number of aromatic nitrogens is 1. The highest BCUT2D eigenvalue weighted by molar-refractivity contribution is 6.29. The number of amides is 1. The summed E-state index contributed by atoms with van der Waals surface area (Å²) >= 11 is 5.96. The van der Waals surface area contributed by atoms with Crippen LogP contribution in [0.15, 0.2) is 36.4 Å². The molecule has 0 aliphatic rings. The summed E-state index contributed by atoms with van der Waals surface area (Å²) in [4.78, 5) is 16.5. The summed E-state index contributed by atoms with van der Waals surface area (Å²) in [7, 11) is 0. The SMILES string of the molecule is CCCc1cc(C(=O)Nc2cccc(CO)c2)cc(Cl)n1. The average molecular weight is 305 g/mol. The third-order valence-electron chi connectivity index (χ3n) is 2.98. The molecule has 21 heavy (non-hydrogen) atoms. The molecule has 2 aromatic rings. The first kappa shape index (κ1) is 15.5. The zero-order valence-electron chi connectivity index (χ0n) is 11.8. The van der Waals surface area contributed by atoms with Crippen LogP contribution in [0.4, 0.5) is 5.69 Å². The second-order valence-corrected chi connectivity index (χ2v) is 5.12. The second-order valence-electron chi connectivity index (χ2n) is 4.73. The van der Waals surface area contributed by atoms with Crippen molar-refractivity contribution in [3.05, 3.63) is 58.4 Å². The number of halogens is 1. The fraction of sp³-hybridized carbons (Fsp3) is 0.250. The van der Waals surface area contributed by atoms with Gasteiger partial charge in [0, 0.05) is 16.9 Å². The number of benzene rings is 1. The van der Waals surface area contributed by atoms with Crippen molar-refractivity contribution in [3.8, 4) is 0 Å². The normalized spacial score (nSPS) is 10.4. The fourth-order valence-corrected chi connectivity index (χ4v) is 2.24. The molecule has 0 saturated heterocycles. The van der Waals surface area contributed by atoms with Gasteiger partial charge in [0.25, 0.3) is 5.91 Å². The Morgan fingerprint density at radius 2 is 2.14 bits per heavy atom. The van der Waals surface area contributed by atoms with Gasteiger partial charge in [0.05, 0.1) is 6.61 Å². The first-order valence-corrected chi connectivity index (χ1v) is 7.17. The van der Waals surface area contributed by atoms with E-state index in [2.05, 4.69) is 10.3 Å². The van der Waals surface area contributed by atoms with Gasteiger partial charge in [-0.05, 0) is 36.2 Å². The van der Waals surface area contributed by atoms with Gasteiger partial charge >= 0.3 is 0 Å². The largest absolute Gasteiger partial charge is 0.392 e. The maximum Gasteiger partial charge on any atom is 0.255 e. The lowest BCUT2D eigenvalue weighted by molar-refractivity contribution is 0.102. The highest BCUT2D eigenvalue weighted by Crippen LogP contribution is 2.16. The molecule has 1 amide bonds. The van der Waals surface area contributed by atoms with E-state index >= 15 is 0 Å². The zero-order valence-corrected chi connectivity index (χ0v) is 12.5. The number of hydrogen-bond acceptors (Lipinski definition) is 3. The van der Waals surface area contributed by atoms with Crippen molar-refractivity contribution >= 4 is 23.2 Å². The van der Waals surface area contributed by atoms with E-state index in [9.17, 15) is 4.79 Å². The molecular weight excluding hydrogens is 288 g/mol. The number of carbonyl (C=O) groups excluding carboxylic acids is 1.